The fraction of sp³-hybridized carbons (Fsp3) is 0.750. The Kier molecular flexibility index (Phi) is 2.07. The predicted molar refractivity (Wildman–Crippen MR) is 55.1 cm³/mol. The summed E-state index contributed by atoms with van der Waals surface area (Å²) in [6.45, 7) is 6.46. The number of hydrogen-bond acceptors (Lipinski definition) is 2. The molecule has 1 aliphatic carbocycles. The summed E-state index contributed by atoms with van der Waals surface area (Å²) in [5.41, 5.74) is 0.241. The molecule has 0 radical (unpaired) electrons. The van der Waals surface area contributed by atoms with Crippen molar-refractivity contribution in [1.82, 2.24) is 0 Å². The maximum absolute atomic E-state index is 11.1. The molecule has 1 saturated heterocycles. The van der Waals surface area contributed by atoms with Crippen LogP contribution in [0.5, 0.6) is 0 Å². The standard InChI is InChI=1S/C12H18O2/c1-11(2)10(14-11)8-12(3)6-4-9(13)5-7-12/h4,6,10H,5,7-8H2,1-3H3. The Labute approximate surface area is 85.3 Å². The number of rotatable bonds is 2. The Morgan fingerprint density at radius 1 is 1.50 bits per heavy atom. The molecule has 0 aromatic rings. The van der Waals surface area contributed by atoms with Crippen molar-refractivity contribution in [2.24, 2.45) is 5.41 Å². The Bertz CT molecular complexity index is 291. The molecule has 78 valence electrons. The van der Waals surface area contributed by atoms with Crippen molar-refractivity contribution in [2.45, 2.75) is 51.7 Å². The highest BCUT2D eigenvalue weighted by molar-refractivity contribution is 5.90. The minimum atomic E-state index is 0.0678. The van der Waals surface area contributed by atoms with Gasteiger partial charge in [0.1, 0.15) is 0 Å². The molecular weight excluding hydrogens is 176 g/mol. The summed E-state index contributed by atoms with van der Waals surface area (Å²) in [5.74, 6) is 0.262. The van der Waals surface area contributed by atoms with E-state index in [1.54, 1.807) is 6.08 Å². The van der Waals surface area contributed by atoms with Gasteiger partial charge in [0.05, 0.1) is 11.7 Å². The van der Waals surface area contributed by atoms with Crippen molar-refractivity contribution in [3.05, 3.63) is 12.2 Å². The van der Waals surface area contributed by atoms with E-state index in [0.29, 0.717) is 12.5 Å². The molecule has 0 aromatic carbocycles. The first kappa shape index (κ1) is 9.91. The second-order valence-corrected chi connectivity index (χ2v) is 5.37. The number of carbonyl (C=O) groups excluding carboxylic acids is 1. The van der Waals surface area contributed by atoms with Crippen molar-refractivity contribution < 1.29 is 9.53 Å². The molecule has 0 saturated carbocycles. The highest BCUT2D eigenvalue weighted by Crippen LogP contribution is 2.45. The average Bonchev–Trinajstić information content (AvgIpc) is 2.65. The van der Waals surface area contributed by atoms with E-state index in [2.05, 4.69) is 26.8 Å². The van der Waals surface area contributed by atoms with Gasteiger partial charge in [0.25, 0.3) is 0 Å². The lowest BCUT2D eigenvalue weighted by molar-refractivity contribution is -0.115. The SMILES string of the molecule is CC1(CC2OC2(C)C)C=CC(=O)CC1. The van der Waals surface area contributed by atoms with Gasteiger partial charge in [-0.25, -0.2) is 0 Å². The topological polar surface area (TPSA) is 29.6 Å². The number of ether oxygens (including phenoxy) is 1. The first-order chi connectivity index (χ1) is 6.41. The number of hydrogen-bond donors (Lipinski definition) is 0. The third-order valence-electron chi connectivity index (χ3n) is 3.43. The maximum Gasteiger partial charge on any atom is 0.155 e. The van der Waals surface area contributed by atoms with Crippen molar-refractivity contribution in [3.8, 4) is 0 Å². The Balaban J connectivity index is 1.97. The van der Waals surface area contributed by atoms with Gasteiger partial charge in [-0.2, -0.15) is 0 Å². The molecule has 1 fully saturated rings. The second-order valence-electron chi connectivity index (χ2n) is 5.37. The van der Waals surface area contributed by atoms with E-state index in [1.807, 2.05) is 0 Å². The monoisotopic (exact) mass is 194 g/mol. The van der Waals surface area contributed by atoms with Gasteiger partial charge in [-0.1, -0.05) is 13.0 Å². The lowest BCUT2D eigenvalue weighted by Crippen LogP contribution is -2.23. The smallest absolute Gasteiger partial charge is 0.155 e. The van der Waals surface area contributed by atoms with Crippen LogP contribution in [-0.2, 0) is 9.53 Å². The summed E-state index contributed by atoms with van der Waals surface area (Å²) >= 11 is 0. The van der Waals surface area contributed by atoms with Gasteiger partial charge in [-0.15, -0.1) is 0 Å². The summed E-state index contributed by atoms with van der Waals surface area (Å²) < 4.78 is 5.58. The lowest BCUT2D eigenvalue weighted by atomic mass is 9.76. The predicted octanol–water partition coefficient (Wildman–Crippen LogP) is 2.48. The number of allylic oxidation sites excluding steroid dienone is 2. The summed E-state index contributed by atoms with van der Waals surface area (Å²) in [6, 6.07) is 0. The zero-order chi connectivity index (χ0) is 10.4. The van der Waals surface area contributed by atoms with E-state index >= 15 is 0 Å². The van der Waals surface area contributed by atoms with Crippen molar-refractivity contribution >= 4 is 5.78 Å². The van der Waals surface area contributed by atoms with Gasteiger partial charge in [-0.05, 0) is 38.2 Å². The molecule has 0 amide bonds. The van der Waals surface area contributed by atoms with Crippen LogP contribution in [0.2, 0.25) is 0 Å². The van der Waals surface area contributed by atoms with Crippen molar-refractivity contribution in [3.63, 3.8) is 0 Å². The molecule has 2 atom stereocenters. The second kappa shape index (κ2) is 2.93. The van der Waals surface area contributed by atoms with Crippen LogP contribution in [0.1, 0.15) is 40.0 Å². The van der Waals surface area contributed by atoms with Crippen LogP contribution in [0, 0.1) is 5.41 Å². The first-order valence-electron chi connectivity index (χ1n) is 5.31. The molecule has 14 heavy (non-hydrogen) atoms. The maximum atomic E-state index is 11.1. The van der Waals surface area contributed by atoms with Crippen LogP contribution >= 0.6 is 0 Å². The van der Waals surface area contributed by atoms with Crippen LogP contribution in [0.15, 0.2) is 12.2 Å². The van der Waals surface area contributed by atoms with Gasteiger partial charge in [0.15, 0.2) is 5.78 Å². The van der Waals surface area contributed by atoms with Gasteiger partial charge < -0.3 is 4.74 Å². The van der Waals surface area contributed by atoms with E-state index in [9.17, 15) is 4.79 Å². The lowest BCUT2D eigenvalue weighted by Gasteiger charge is -2.27. The van der Waals surface area contributed by atoms with Crippen LogP contribution < -0.4 is 0 Å². The fourth-order valence-electron chi connectivity index (χ4n) is 2.08. The van der Waals surface area contributed by atoms with E-state index in [0.717, 1.165) is 12.8 Å². The zero-order valence-electron chi connectivity index (χ0n) is 9.17. The summed E-state index contributed by atoms with van der Waals surface area (Å²) in [5, 5.41) is 0. The van der Waals surface area contributed by atoms with Crippen LogP contribution in [0.3, 0.4) is 0 Å². The molecule has 2 unspecified atom stereocenters. The molecule has 0 spiro atoms. The largest absolute Gasteiger partial charge is 0.367 e. The van der Waals surface area contributed by atoms with Crippen LogP contribution in [-0.4, -0.2) is 17.5 Å². The third kappa shape index (κ3) is 1.90. The van der Waals surface area contributed by atoms with Crippen LogP contribution in [0.25, 0.3) is 0 Å². The molecule has 1 aliphatic heterocycles. The quantitative estimate of drug-likeness (QED) is 0.632. The summed E-state index contributed by atoms with van der Waals surface area (Å²) in [7, 11) is 0. The molecule has 2 heteroatoms. The number of epoxide rings is 1. The highest BCUT2D eigenvalue weighted by Gasteiger charge is 2.50. The van der Waals surface area contributed by atoms with E-state index in [4.69, 9.17) is 4.74 Å². The highest BCUT2D eigenvalue weighted by atomic mass is 16.6. The van der Waals surface area contributed by atoms with Gasteiger partial charge in [0, 0.05) is 6.42 Å². The van der Waals surface area contributed by atoms with Crippen molar-refractivity contribution in [1.29, 1.82) is 0 Å². The molecule has 0 N–H and O–H groups in total. The van der Waals surface area contributed by atoms with Gasteiger partial charge in [0.2, 0.25) is 0 Å². The Morgan fingerprint density at radius 2 is 2.14 bits per heavy atom. The van der Waals surface area contributed by atoms with E-state index < -0.39 is 0 Å². The van der Waals surface area contributed by atoms with Crippen LogP contribution in [0.4, 0.5) is 0 Å². The molecule has 0 aromatic heterocycles. The molecule has 0 bridgehead atoms. The van der Waals surface area contributed by atoms with Crippen molar-refractivity contribution in [2.75, 3.05) is 0 Å². The Morgan fingerprint density at radius 3 is 2.57 bits per heavy atom. The fourth-order valence-corrected chi connectivity index (χ4v) is 2.08. The van der Waals surface area contributed by atoms with E-state index in [1.165, 1.54) is 0 Å². The summed E-state index contributed by atoms with van der Waals surface area (Å²) in [4.78, 5) is 11.1. The zero-order valence-corrected chi connectivity index (χ0v) is 9.17. The molecule has 2 rings (SSSR count). The number of ketones is 1. The first-order valence-corrected chi connectivity index (χ1v) is 5.31. The summed E-state index contributed by atoms with van der Waals surface area (Å²) in [6.07, 6.45) is 6.89. The molecule has 2 aliphatic rings. The number of carbonyl (C=O) groups is 1. The normalized spacial score (nSPS) is 39.9. The minimum Gasteiger partial charge on any atom is -0.367 e. The van der Waals surface area contributed by atoms with Gasteiger partial charge in [-0.3, -0.25) is 4.79 Å². The molecular formula is C12H18O2. The van der Waals surface area contributed by atoms with Gasteiger partial charge >= 0.3 is 0 Å². The minimum absolute atomic E-state index is 0.0678. The van der Waals surface area contributed by atoms with E-state index in [-0.39, 0.29) is 16.8 Å². The average molecular weight is 194 g/mol. The Hall–Kier alpha value is -0.630. The molecule has 2 nitrogen and oxygen atoms in total. The molecule has 1 heterocycles. The third-order valence-corrected chi connectivity index (χ3v) is 3.43.